The molecule has 0 radical (unpaired) electrons. The molecule has 1 aromatic carbocycles. The molecule has 1 amide bonds. The molecule has 1 N–H and O–H groups in total. The first-order chi connectivity index (χ1) is 13.2. The van der Waals surface area contributed by atoms with Crippen molar-refractivity contribution in [1.29, 1.82) is 0 Å². The predicted molar refractivity (Wildman–Crippen MR) is 98.8 cm³/mol. The van der Waals surface area contributed by atoms with Gasteiger partial charge in [-0.1, -0.05) is 6.07 Å². The van der Waals surface area contributed by atoms with Crippen LogP contribution in [0.15, 0.2) is 47.6 Å². The lowest BCUT2D eigenvalue weighted by Crippen LogP contribution is -2.31. The zero-order valence-corrected chi connectivity index (χ0v) is 16.1. The van der Waals surface area contributed by atoms with Crippen LogP contribution in [-0.2, 0) is 17.1 Å². The number of aryl methyl sites for hydroxylation is 2. The van der Waals surface area contributed by atoms with Crippen LogP contribution in [0.4, 0.5) is 4.39 Å². The number of aromatic nitrogens is 3. The normalized spacial score (nSPS) is 11.3. The minimum absolute atomic E-state index is 0.0458. The molecule has 8 nitrogen and oxygen atoms in total. The topological polar surface area (TPSA) is 103 Å². The summed E-state index contributed by atoms with van der Waals surface area (Å²) in [5, 5.41) is 0. The summed E-state index contributed by atoms with van der Waals surface area (Å²) in [6.07, 6.45) is 2.69. The molecule has 10 heteroatoms. The van der Waals surface area contributed by atoms with Crippen molar-refractivity contribution in [3.05, 3.63) is 59.8 Å². The lowest BCUT2D eigenvalue weighted by molar-refractivity contribution is 0.0977. The van der Waals surface area contributed by atoms with Gasteiger partial charge in [-0.15, -0.1) is 0 Å². The Labute approximate surface area is 161 Å². The molecule has 2 aromatic heterocycles. The lowest BCUT2D eigenvalue weighted by atomic mass is 10.2. The maximum atomic E-state index is 13.9. The SMILES string of the molecule is COc1ccc(C)c(S(=O)(=O)NC(=O)c2cn(C)c(-c3ncccc3F)n2)c1. The van der Waals surface area contributed by atoms with E-state index in [9.17, 15) is 17.6 Å². The number of rotatable bonds is 5. The number of methoxy groups -OCH3 is 1. The number of ether oxygens (including phenoxy) is 1. The standard InChI is InChI=1S/C18H17FN4O4S/c1-11-6-7-12(27-3)9-15(11)28(25,26)22-18(24)14-10-23(2)17(21-14)16-13(19)5-4-8-20-16/h4-10H,1-3H3,(H,22,24). The Morgan fingerprint density at radius 2 is 2.04 bits per heavy atom. The first-order valence-corrected chi connectivity index (χ1v) is 9.57. The van der Waals surface area contributed by atoms with E-state index in [1.165, 1.54) is 42.3 Å². The zero-order chi connectivity index (χ0) is 20.5. The third-order valence-electron chi connectivity index (χ3n) is 3.99. The average Bonchev–Trinajstić information content (AvgIpc) is 3.04. The molecular weight excluding hydrogens is 387 g/mol. The number of imidazole rings is 1. The third kappa shape index (κ3) is 3.72. The van der Waals surface area contributed by atoms with E-state index in [2.05, 4.69) is 9.97 Å². The van der Waals surface area contributed by atoms with Gasteiger partial charge in [0, 0.05) is 25.5 Å². The van der Waals surface area contributed by atoms with E-state index in [1.807, 2.05) is 4.72 Å². The summed E-state index contributed by atoms with van der Waals surface area (Å²) in [5.74, 6) is -1.12. The fourth-order valence-corrected chi connectivity index (χ4v) is 3.79. The van der Waals surface area contributed by atoms with E-state index in [0.29, 0.717) is 11.3 Å². The van der Waals surface area contributed by atoms with Crippen LogP contribution in [0.5, 0.6) is 5.75 Å². The molecule has 0 spiro atoms. The largest absolute Gasteiger partial charge is 0.497 e. The molecule has 0 fully saturated rings. The van der Waals surface area contributed by atoms with E-state index in [0.717, 1.165) is 0 Å². The molecule has 28 heavy (non-hydrogen) atoms. The quantitative estimate of drug-likeness (QED) is 0.698. The highest BCUT2D eigenvalue weighted by Crippen LogP contribution is 2.22. The number of carbonyl (C=O) groups is 1. The minimum atomic E-state index is -4.17. The zero-order valence-electron chi connectivity index (χ0n) is 15.3. The van der Waals surface area contributed by atoms with Crippen LogP contribution in [0.2, 0.25) is 0 Å². The Kier molecular flexibility index (Phi) is 5.14. The van der Waals surface area contributed by atoms with Gasteiger partial charge < -0.3 is 9.30 Å². The van der Waals surface area contributed by atoms with Crippen LogP contribution >= 0.6 is 0 Å². The van der Waals surface area contributed by atoms with Crippen molar-refractivity contribution < 1.29 is 22.3 Å². The number of hydrogen-bond donors (Lipinski definition) is 1. The molecule has 0 aliphatic rings. The second kappa shape index (κ2) is 7.39. The van der Waals surface area contributed by atoms with Crippen LogP contribution in [0, 0.1) is 12.7 Å². The van der Waals surface area contributed by atoms with E-state index in [-0.39, 0.29) is 22.1 Å². The lowest BCUT2D eigenvalue weighted by Gasteiger charge is -2.10. The first kappa shape index (κ1) is 19.5. The van der Waals surface area contributed by atoms with E-state index in [4.69, 9.17) is 4.74 Å². The van der Waals surface area contributed by atoms with Crippen molar-refractivity contribution in [1.82, 2.24) is 19.3 Å². The maximum Gasteiger partial charge on any atom is 0.285 e. The molecule has 0 saturated carbocycles. The fourth-order valence-electron chi connectivity index (χ4n) is 2.57. The van der Waals surface area contributed by atoms with E-state index >= 15 is 0 Å². The summed E-state index contributed by atoms with van der Waals surface area (Å²) >= 11 is 0. The summed E-state index contributed by atoms with van der Waals surface area (Å²) in [6.45, 7) is 1.60. The maximum absolute atomic E-state index is 13.9. The average molecular weight is 404 g/mol. The number of hydrogen-bond acceptors (Lipinski definition) is 6. The molecule has 3 aromatic rings. The minimum Gasteiger partial charge on any atom is -0.497 e. The second-order valence-electron chi connectivity index (χ2n) is 5.96. The molecule has 0 aliphatic carbocycles. The van der Waals surface area contributed by atoms with Gasteiger partial charge in [0.1, 0.15) is 17.1 Å². The number of benzene rings is 1. The highest BCUT2D eigenvalue weighted by molar-refractivity contribution is 7.90. The van der Waals surface area contributed by atoms with Gasteiger partial charge in [-0.3, -0.25) is 4.79 Å². The highest BCUT2D eigenvalue weighted by atomic mass is 32.2. The Balaban J connectivity index is 1.92. The fraction of sp³-hybridized carbons (Fsp3) is 0.167. The summed E-state index contributed by atoms with van der Waals surface area (Å²) in [5.41, 5.74) is 0.209. The number of halogens is 1. The molecule has 2 heterocycles. The van der Waals surface area contributed by atoms with Crippen molar-refractivity contribution >= 4 is 15.9 Å². The monoisotopic (exact) mass is 404 g/mol. The molecule has 0 bridgehead atoms. The number of sulfonamides is 1. The van der Waals surface area contributed by atoms with Crippen LogP contribution in [0.3, 0.4) is 0 Å². The molecule has 0 atom stereocenters. The Hall–Kier alpha value is -3.27. The van der Waals surface area contributed by atoms with Gasteiger partial charge in [0.2, 0.25) is 0 Å². The van der Waals surface area contributed by atoms with Gasteiger partial charge >= 0.3 is 0 Å². The van der Waals surface area contributed by atoms with Crippen molar-refractivity contribution in [2.75, 3.05) is 7.11 Å². The van der Waals surface area contributed by atoms with Gasteiger partial charge in [-0.25, -0.2) is 27.5 Å². The van der Waals surface area contributed by atoms with Gasteiger partial charge in [0.15, 0.2) is 11.6 Å². The smallest absolute Gasteiger partial charge is 0.285 e. The number of nitrogens with one attached hydrogen (secondary N) is 1. The number of pyridine rings is 1. The first-order valence-electron chi connectivity index (χ1n) is 8.09. The Bertz CT molecular complexity index is 1160. The summed E-state index contributed by atoms with van der Waals surface area (Å²) in [6, 6.07) is 7.15. The molecule has 0 aliphatic heterocycles. The van der Waals surface area contributed by atoms with Gasteiger partial charge in [0.05, 0.1) is 12.0 Å². The van der Waals surface area contributed by atoms with Crippen LogP contribution in [-0.4, -0.2) is 36.0 Å². The van der Waals surface area contributed by atoms with Crippen LogP contribution in [0.25, 0.3) is 11.5 Å². The van der Waals surface area contributed by atoms with Gasteiger partial charge in [-0.2, -0.15) is 0 Å². The molecule has 0 unspecified atom stereocenters. The second-order valence-corrected chi connectivity index (χ2v) is 7.61. The van der Waals surface area contributed by atoms with Crippen LogP contribution in [0.1, 0.15) is 16.1 Å². The summed E-state index contributed by atoms with van der Waals surface area (Å²) in [7, 11) is -1.21. The van der Waals surface area contributed by atoms with Crippen molar-refractivity contribution in [2.24, 2.45) is 7.05 Å². The van der Waals surface area contributed by atoms with E-state index in [1.54, 1.807) is 26.1 Å². The highest BCUT2D eigenvalue weighted by Gasteiger charge is 2.24. The molecule has 3 rings (SSSR count). The van der Waals surface area contributed by atoms with Crippen LogP contribution < -0.4 is 9.46 Å². The Morgan fingerprint density at radius 1 is 1.29 bits per heavy atom. The molecule has 0 saturated heterocycles. The van der Waals surface area contributed by atoms with Gasteiger partial charge in [0.25, 0.3) is 15.9 Å². The summed E-state index contributed by atoms with van der Waals surface area (Å²) < 4.78 is 47.6. The van der Waals surface area contributed by atoms with Gasteiger partial charge in [-0.05, 0) is 30.7 Å². The van der Waals surface area contributed by atoms with Crippen molar-refractivity contribution in [3.63, 3.8) is 0 Å². The Morgan fingerprint density at radius 3 is 2.71 bits per heavy atom. The molecular formula is C18H17FN4O4S. The third-order valence-corrected chi connectivity index (χ3v) is 5.46. The van der Waals surface area contributed by atoms with Crippen molar-refractivity contribution in [2.45, 2.75) is 11.8 Å². The van der Waals surface area contributed by atoms with Crippen molar-refractivity contribution in [3.8, 4) is 17.3 Å². The summed E-state index contributed by atoms with van der Waals surface area (Å²) in [4.78, 5) is 20.3. The predicted octanol–water partition coefficient (Wildman–Crippen LogP) is 2.06. The number of amides is 1. The van der Waals surface area contributed by atoms with E-state index < -0.39 is 21.7 Å². The molecule has 146 valence electrons. The number of carbonyl (C=O) groups excluding carboxylic acids is 1. The number of nitrogens with zero attached hydrogens (tertiary/aromatic N) is 3.